The van der Waals surface area contributed by atoms with E-state index in [9.17, 15) is 0 Å². The fourth-order valence-electron chi connectivity index (χ4n) is 15.3. The highest BCUT2D eigenvalue weighted by Gasteiger charge is 2.51. The molecule has 16 rings (SSSR count). The smallest absolute Gasteiger partial charge is 0.273 e. The SMILES string of the molecule is Cc1cccc(C)c1-c1nc2c3c(n1)N(c1ccc4c(c1)C(C)(C)CCC4(C)C)c1ccccc1B3c1cc3c(cc1O2)Oc1nc(-c2c(C)cccc2C)nc2c1B3c1sc3ccccc3c1N2c1ccc2c(c1)C(C)(C)CCC2(C)C. The van der Waals surface area contributed by atoms with Crippen LogP contribution >= 0.6 is 11.3 Å². The number of fused-ring (bicyclic) bond motifs is 12. The average Bonchev–Trinajstić information content (AvgIpc) is 2.99. The van der Waals surface area contributed by atoms with Gasteiger partial charge in [-0.05, 0) is 172 Å². The van der Waals surface area contributed by atoms with Gasteiger partial charge in [-0.15, -0.1) is 11.3 Å². The standard InChI is InChI=1S/C72H66B2N6O2S/c1-39-19-17-20-40(2)57(39)63-75-65-59-67(77-63)81-54-38-55-52(37-51(54)73(59)50-24-14-15-25-53(50)79(65)43-27-29-46-48(35-43)71(9,10)33-31-69(46,5)6)74-60-66(76-64(78-68(60)82-55)58-41(3)21-18-22-42(58)4)80(61-45-23-13-16-26-56(45)83-62(61)74)44-28-30-47-49(36-44)72(11,12)34-32-70(47,7)8/h13-30,35-38H,31-34H2,1-12H3. The van der Waals surface area contributed by atoms with Crippen molar-refractivity contribution < 1.29 is 9.47 Å². The summed E-state index contributed by atoms with van der Waals surface area (Å²) in [5.41, 5.74) is 21.9. The fraction of sp³-hybridized carbons (Fsp3) is 0.278. The predicted octanol–water partition coefficient (Wildman–Crippen LogP) is 14.6. The second-order valence-corrected chi connectivity index (χ2v) is 28.3. The van der Waals surface area contributed by atoms with E-state index in [-0.39, 0.29) is 35.1 Å². The van der Waals surface area contributed by atoms with Gasteiger partial charge in [0.1, 0.15) is 23.1 Å². The Bertz CT molecular complexity index is 4480. The molecular formula is C72H66B2N6O2S. The highest BCUT2D eigenvalue weighted by atomic mass is 32.1. The lowest BCUT2D eigenvalue weighted by atomic mass is 9.32. The van der Waals surface area contributed by atoms with Gasteiger partial charge in [0, 0.05) is 60.0 Å². The fourth-order valence-corrected chi connectivity index (χ4v) is 16.7. The van der Waals surface area contributed by atoms with E-state index in [2.05, 4.69) is 226 Å². The molecule has 2 aliphatic carbocycles. The van der Waals surface area contributed by atoms with E-state index in [4.69, 9.17) is 29.4 Å². The minimum Gasteiger partial charge on any atom is -0.440 e. The lowest BCUT2D eigenvalue weighted by Gasteiger charge is -2.43. The molecule has 11 heteroatoms. The number of aromatic nitrogens is 4. The second kappa shape index (κ2) is 17.3. The molecular weight excluding hydrogens is 1030 g/mol. The van der Waals surface area contributed by atoms with Gasteiger partial charge in [-0.25, -0.2) is 9.97 Å². The number of para-hydroxylation sites is 1. The molecule has 0 fully saturated rings. The van der Waals surface area contributed by atoms with E-state index in [1.807, 2.05) is 11.3 Å². The van der Waals surface area contributed by atoms with Crippen molar-refractivity contribution >= 4 is 101 Å². The number of aryl methyl sites for hydroxylation is 4. The van der Waals surface area contributed by atoms with Crippen molar-refractivity contribution in [2.75, 3.05) is 9.80 Å². The van der Waals surface area contributed by atoms with Crippen LogP contribution in [-0.4, -0.2) is 33.4 Å². The lowest BCUT2D eigenvalue weighted by Crippen LogP contribution is -2.63. The number of thiophene rings is 1. The maximum atomic E-state index is 7.40. The van der Waals surface area contributed by atoms with Crippen molar-refractivity contribution in [1.29, 1.82) is 0 Å². The number of rotatable bonds is 4. The number of benzene rings is 7. The predicted molar refractivity (Wildman–Crippen MR) is 345 cm³/mol. The van der Waals surface area contributed by atoms with Crippen molar-refractivity contribution in [2.24, 2.45) is 0 Å². The molecule has 0 amide bonds. The summed E-state index contributed by atoms with van der Waals surface area (Å²) in [5.74, 6) is 5.50. The van der Waals surface area contributed by atoms with E-state index >= 15 is 0 Å². The zero-order valence-corrected chi connectivity index (χ0v) is 50.4. The van der Waals surface area contributed by atoms with Crippen molar-refractivity contribution in [2.45, 2.75) is 130 Å². The average molecular weight is 1100 g/mol. The second-order valence-electron chi connectivity index (χ2n) is 27.2. The Morgan fingerprint density at radius 3 is 1.48 bits per heavy atom. The first-order valence-electron chi connectivity index (χ1n) is 29.8. The van der Waals surface area contributed by atoms with Crippen molar-refractivity contribution in [3.05, 3.63) is 178 Å². The Balaban J connectivity index is 0.946. The van der Waals surface area contributed by atoms with Gasteiger partial charge < -0.3 is 9.47 Å². The molecule has 83 heavy (non-hydrogen) atoms. The largest absolute Gasteiger partial charge is 0.440 e. The zero-order chi connectivity index (χ0) is 57.0. The highest BCUT2D eigenvalue weighted by Crippen LogP contribution is 2.53. The van der Waals surface area contributed by atoms with Crippen LogP contribution < -0.4 is 51.4 Å². The summed E-state index contributed by atoms with van der Waals surface area (Å²) < 4.78 is 17.2. The first-order valence-corrected chi connectivity index (χ1v) is 30.6. The molecule has 7 heterocycles. The minimum absolute atomic E-state index is 0.0000442. The Kier molecular flexibility index (Phi) is 10.6. The third-order valence-electron chi connectivity index (χ3n) is 20.1. The normalized spacial score (nSPS) is 17.4. The number of hydrogen-bond acceptors (Lipinski definition) is 9. The maximum Gasteiger partial charge on any atom is 0.273 e. The van der Waals surface area contributed by atoms with Crippen LogP contribution in [-0.2, 0) is 21.7 Å². The molecule has 0 N–H and O–H groups in total. The van der Waals surface area contributed by atoms with Crippen LogP contribution in [0.4, 0.5) is 34.4 Å². The Morgan fingerprint density at radius 2 is 0.916 bits per heavy atom. The van der Waals surface area contributed by atoms with Gasteiger partial charge in [-0.3, -0.25) is 9.80 Å². The van der Waals surface area contributed by atoms with Crippen LogP contribution in [0.1, 0.15) is 126 Å². The quantitative estimate of drug-likeness (QED) is 0.161. The molecule has 7 aromatic carbocycles. The molecule has 0 unspecified atom stereocenters. The molecule has 6 aliphatic rings. The van der Waals surface area contributed by atoms with Crippen molar-refractivity contribution in [3.63, 3.8) is 0 Å². The molecule has 408 valence electrons. The molecule has 10 aromatic rings. The summed E-state index contributed by atoms with van der Waals surface area (Å²) in [4.78, 5) is 27.4. The van der Waals surface area contributed by atoms with Crippen LogP contribution in [0.15, 0.2) is 133 Å². The first-order chi connectivity index (χ1) is 39.8. The van der Waals surface area contributed by atoms with Crippen LogP contribution in [0.5, 0.6) is 23.3 Å². The van der Waals surface area contributed by atoms with Gasteiger partial charge in [0.05, 0.1) is 5.69 Å². The molecule has 0 saturated heterocycles. The van der Waals surface area contributed by atoms with Gasteiger partial charge in [0.15, 0.2) is 11.6 Å². The molecule has 3 aromatic heterocycles. The van der Waals surface area contributed by atoms with Gasteiger partial charge in [0.2, 0.25) is 11.8 Å². The summed E-state index contributed by atoms with van der Waals surface area (Å²) in [5, 5.41) is 1.20. The third kappa shape index (κ3) is 7.25. The van der Waals surface area contributed by atoms with Gasteiger partial charge in [-0.2, -0.15) is 9.97 Å². The molecule has 0 bridgehead atoms. The van der Waals surface area contributed by atoms with E-state index in [0.29, 0.717) is 34.9 Å². The van der Waals surface area contributed by atoms with Crippen LogP contribution in [0, 0.1) is 27.7 Å². The van der Waals surface area contributed by atoms with E-state index in [0.717, 1.165) is 115 Å². The summed E-state index contributed by atoms with van der Waals surface area (Å²) in [7, 11) is 0. The van der Waals surface area contributed by atoms with E-state index in [1.165, 1.54) is 42.6 Å². The summed E-state index contributed by atoms with van der Waals surface area (Å²) in [6.45, 7) is 27.3. The number of anilines is 6. The zero-order valence-electron chi connectivity index (χ0n) is 49.6. The minimum atomic E-state index is -0.268. The number of ether oxygens (including phenoxy) is 2. The van der Waals surface area contributed by atoms with Crippen LogP contribution in [0.3, 0.4) is 0 Å². The Hall–Kier alpha value is -8.01. The first kappa shape index (κ1) is 50.7. The lowest BCUT2D eigenvalue weighted by molar-refractivity contribution is 0.332. The van der Waals surface area contributed by atoms with Gasteiger partial charge in [0.25, 0.3) is 13.4 Å². The maximum absolute atomic E-state index is 7.40. The molecule has 8 nitrogen and oxygen atoms in total. The number of nitrogens with zero attached hydrogens (tertiary/aromatic N) is 6. The summed E-state index contributed by atoms with van der Waals surface area (Å²) in [6.07, 6.45) is 4.52. The third-order valence-corrected chi connectivity index (χ3v) is 21.4. The summed E-state index contributed by atoms with van der Waals surface area (Å²) in [6, 6.07) is 49.6. The van der Waals surface area contributed by atoms with Crippen LogP contribution in [0.2, 0.25) is 0 Å². The van der Waals surface area contributed by atoms with Gasteiger partial charge in [-0.1, -0.05) is 146 Å². The molecule has 4 aliphatic heterocycles. The molecule has 0 saturated carbocycles. The van der Waals surface area contributed by atoms with Crippen molar-refractivity contribution in [3.8, 4) is 46.0 Å². The monoisotopic (exact) mass is 1100 g/mol. The Labute approximate surface area is 492 Å². The van der Waals surface area contributed by atoms with Crippen molar-refractivity contribution in [1.82, 2.24) is 19.9 Å². The Morgan fingerprint density at radius 1 is 0.446 bits per heavy atom. The topological polar surface area (TPSA) is 76.5 Å². The number of hydrogen-bond donors (Lipinski definition) is 0. The molecule has 0 atom stereocenters. The highest BCUT2D eigenvalue weighted by molar-refractivity contribution is 7.33. The van der Waals surface area contributed by atoms with E-state index in [1.54, 1.807) is 0 Å². The van der Waals surface area contributed by atoms with Crippen LogP contribution in [0.25, 0.3) is 32.9 Å². The molecule has 0 radical (unpaired) electrons. The van der Waals surface area contributed by atoms with E-state index < -0.39 is 0 Å². The molecule has 0 spiro atoms. The van der Waals surface area contributed by atoms with Gasteiger partial charge >= 0.3 is 0 Å². The summed E-state index contributed by atoms with van der Waals surface area (Å²) >= 11 is 1.87.